The van der Waals surface area contributed by atoms with E-state index in [0.717, 1.165) is 11.6 Å². The molecule has 156 valence electrons. The van der Waals surface area contributed by atoms with Crippen molar-refractivity contribution in [1.82, 2.24) is 10.2 Å². The normalized spacial score (nSPS) is 18.1. The Balaban J connectivity index is 1.63. The second-order valence-corrected chi connectivity index (χ2v) is 7.64. The first kappa shape index (κ1) is 22.3. The highest BCUT2D eigenvalue weighted by atomic mass is 35.5. The number of benzene rings is 2. The summed E-state index contributed by atoms with van der Waals surface area (Å²) >= 11 is 6.03. The Morgan fingerprint density at radius 1 is 1.23 bits per heavy atom. The Morgan fingerprint density at radius 3 is 2.70 bits per heavy atom. The van der Waals surface area contributed by atoms with E-state index in [1.54, 1.807) is 18.2 Å². The van der Waals surface area contributed by atoms with Crippen LogP contribution in [0.2, 0.25) is 5.02 Å². The molecule has 1 saturated heterocycles. The van der Waals surface area contributed by atoms with E-state index in [1.165, 1.54) is 17.0 Å². The van der Waals surface area contributed by atoms with Gasteiger partial charge in [0.05, 0.1) is 6.04 Å². The standard InChI is InChI=1S/C21H21BClFN2O4/c22-14-7-6-13(16(24)10-14)11-25-20(29)18(27)19(28)21(30)26-8-2-5-17(26)12-3-1-4-15(23)9-12/h1,3-4,6-7,9-10,17-19,27-28H,2,5,8,11H2,(H,25,29)/t17?,18-,19-/m1/s1. The van der Waals surface area contributed by atoms with Crippen LogP contribution in [-0.4, -0.2) is 53.5 Å². The van der Waals surface area contributed by atoms with E-state index in [4.69, 9.17) is 19.4 Å². The zero-order chi connectivity index (χ0) is 21.8. The lowest BCUT2D eigenvalue weighted by atomic mass is 9.95. The van der Waals surface area contributed by atoms with Crippen molar-refractivity contribution < 1.29 is 24.2 Å². The van der Waals surface area contributed by atoms with Gasteiger partial charge in [-0.1, -0.05) is 41.3 Å². The number of nitrogens with zero attached hydrogens (tertiary/aromatic N) is 1. The maximum atomic E-state index is 13.8. The van der Waals surface area contributed by atoms with Crippen molar-refractivity contribution >= 4 is 36.7 Å². The van der Waals surface area contributed by atoms with Gasteiger partial charge in [0.1, 0.15) is 13.7 Å². The molecule has 2 aromatic rings. The molecule has 0 bridgehead atoms. The monoisotopic (exact) mass is 430 g/mol. The number of carbonyl (C=O) groups is 2. The number of carbonyl (C=O) groups excluding carboxylic acids is 2. The van der Waals surface area contributed by atoms with E-state index < -0.39 is 29.8 Å². The summed E-state index contributed by atoms with van der Waals surface area (Å²) in [5.74, 6) is -2.34. The largest absolute Gasteiger partial charge is 0.380 e. The van der Waals surface area contributed by atoms with E-state index in [1.807, 2.05) is 6.07 Å². The second kappa shape index (κ2) is 9.60. The summed E-state index contributed by atoms with van der Waals surface area (Å²) in [6.45, 7) is 0.163. The van der Waals surface area contributed by atoms with Crippen molar-refractivity contribution in [3.05, 3.63) is 64.4 Å². The summed E-state index contributed by atoms with van der Waals surface area (Å²) in [6, 6.07) is 10.8. The number of aliphatic hydroxyl groups excluding tert-OH is 2. The number of amides is 2. The molecule has 0 saturated carbocycles. The molecule has 1 heterocycles. The van der Waals surface area contributed by atoms with Crippen molar-refractivity contribution in [2.45, 2.75) is 37.6 Å². The van der Waals surface area contributed by atoms with Gasteiger partial charge in [0.2, 0.25) is 0 Å². The Labute approximate surface area is 180 Å². The van der Waals surface area contributed by atoms with Gasteiger partial charge >= 0.3 is 0 Å². The number of aliphatic hydroxyl groups is 2. The molecule has 3 rings (SSSR count). The lowest BCUT2D eigenvalue weighted by molar-refractivity contribution is -0.153. The zero-order valence-corrected chi connectivity index (χ0v) is 16.8. The fourth-order valence-electron chi connectivity index (χ4n) is 3.53. The number of halogens is 2. The van der Waals surface area contributed by atoms with Gasteiger partial charge in [0.25, 0.3) is 11.8 Å². The average Bonchev–Trinajstić information content (AvgIpc) is 3.21. The minimum absolute atomic E-state index is 0.158. The third-order valence-corrected chi connectivity index (χ3v) is 5.36. The minimum Gasteiger partial charge on any atom is -0.380 e. The molecule has 0 aliphatic carbocycles. The highest BCUT2D eigenvalue weighted by Crippen LogP contribution is 2.33. The van der Waals surface area contributed by atoms with Gasteiger partial charge < -0.3 is 20.4 Å². The molecule has 2 aromatic carbocycles. The number of nitrogens with one attached hydrogen (secondary N) is 1. The Bertz CT molecular complexity index is 945. The van der Waals surface area contributed by atoms with Crippen molar-refractivity contribution in [1.29, 1.82) is 0 Å². The molecular formula is C21H21BClFN2O4. The molecular weight excluding hydrogens is 410 g/mol. The Morgan fingerprint density at radius 2 is 2.00 bits per heavy atom. The van der Waals surface area contributed by atoms with Crippen LogP contribution in [0.4, 0.5) is 4.39 Å². The van der Waals surface area contributed by atoms with Gasteiger partial charge in [-0.25, -0.2) is 4.39 Å². The zero-order valence-electron chi connectivity index (χ0n) is 16.1. The molecule has 1 unspecified atom stereocenters. The highest BCUT2D eigenvalue weighted by molar-refractivity contribution is 6.32. The summed E-state index contributed by atoms with van der Waals surface area (Å²) in [4.78, 5) is 26.4. The number of hydrogen-bond donors (Lipinski definition) is 3. The van der Waals surface area contributed by atoms with E-state index in [2.05, 4.69) is 5.32 Å². The number of hydrogen-bond acceptors (Lipinski definition) is 4. The van der Waals surface area contributed by atoms with Gasteiger partial charge in [-0.15, -0.1) is 0 Å². The van der Waals surface area contributed by atoms with Gasteiger partial charge in [-0.05, 0) is 36.6 Å². The van der Waals surface area contributed by atoms with Crippen LogP contribution < -0.4 is 10.8 Å². The van der Waals surface area contributed by atoms with Crippen molar-refractivity contribution in [2.24, 2.45) is 0 Å². The minimum atomic E-state index is -1.99. The van der Waals surface area contributed by atoms with Crippen LogP contribution in [0, 0.1) is 5.82 Å². The van der Waals surface area contributed by atoms with Gasteiger partial charge in [0.15, 0.2) is 12.2 Å². The average molecular weight is 431 g/mol. The van der Waals surface area contributed by atoms with E-state index in [0.29, 0.717) is 24.4 Å². The molecule has 3 atom stereocenters. The smallest absolute Gasteiger partial charge is 0.255 e. The predicted octanol–water partition coefficient (Wildman–Crippen LogP) is 0.975. The first-order valence-electron chi connectivity index (χ1n) is 9.51. The molecule has 9 heteroatoms. The third kappa shape index (κ3) is 5.01. The third-order valence-electron chi connectivity index (χ3n) is 5.12. The number of rotatable bonds is 6. The molecule has 1 aliphatic heterocycles. The maximum Gasteiger partial charge on any atom is 0.255 e. The SMILES string of the molecule is [B]c1ccc(CNC(=O)[C@H](O)[C@@H](O)C(=O)N2CCCC2c2cccc(Cl)c2)c(F)c1. The molecule has 1 aliphatic rings. The fraction of sp³-hybridized carbons (Fsp3) is 0.333. The van der Waals surface area contributed by atoms with Crippen LogP contribution in [0.25, 0.3) is 0 Å². The van der Waals surface area contributed by atoms with E-state index in [-0.39, 0.29) is 23.6 Å². The first-order chi connectivity index (χ1) is 14.3. The van der Waals surface area contributed by atoms with Crippen molar-refractivity contribution in [3.8, 4) is 0 Å². The van der Waals surface area contributed by atoms with E-state index >= 15 is 0 Å². The Kier molecular flexibility index (Phi) is 7.12. The van der Waals surface area contributed by atoms with E-state index in [9.17, 15) is 24.2 Å². The van der Waals surface area contributed by atoms with Gasteiger partial charge in [-0.3, -0.25) is 9.59 Å². The summed E-state index contributed by atoms with van der Waals surface area (Å²) in [5.41, 5.74) is 1.22. The van der Waals surface area contributed by atoms with Crippen LogP contribution >= 0.6 is 11.6 Å². The summed E-state index contributed by atoms with van der Waals surface area (Å²) < 4.78 is 13.8. The highest BCUT2D eigenvalue weighted by Gasteiger charge is 2.38. The molecule has 3 N–H and O–H groups in total. The topological polar surface area (TPSA) is 89.9 Å². The molecule has 30 heavy (non-hydrogen) atoms. The molecule has 0 spiro atoms. The molecule has 0 aromatic heterocycles. The van der Waals surface area contributed by atoms with Crippen LogP contribution in [0.1, 0.15) is 30.0 Å². The molecule has 6 nitrogen and oxygen atoms in total. The summed E-state index contributed by atoms with van der Waals surface area (Å²) in [5, 5.41) is 23.3. The molecule has 1 fully saturated rings. The van der Waals surface area contributed by atoms with Crippen LogP contribution in [0.3, 0.4) is 0 Å². The predicted molar refractivity (Wildman–Crippen MR) is 111 cm³/mol. The van der Waals surface area contributed by atoms with Crippen molar-refractivity contribution in [2.75, 3.05) is 6.54 Å². The van der Waals surface area contributed by atoms with Gasteiger partial charge in [-0.2, -0.15) is 0 Å². The van der Waals surface area contributed by atoms with Crippen LogP contribution in [-0.2, 0) is 16.1 Å². The van der Waals surface area contributed by atoms with Gasteiger partial charge in [0, 0.05) is 23.7 Å². The maximum absolute atomic E-state index is 13.8. The molecule has 2 radical (unpaired) electrons. The van der Waals surface area contributed by atoms with Crippen LogP contribution in [0.15, 0.2) is 42.5 Å². The quantitative estimate of drug-likeness (QED) is 0.596. The lowest BCUT2D eigenvalue weighted by Crippen LogP contribution is -2.50. The van der Waals surface area contributed by atoms with Crippen molar-refractivity contribution in [3.63, 3.8) is 0 Å². The summed E-state index contributed by atoms with van der Waals surface area (Å²) in [7, 11) is 5.48. The lowest BCUT2D eigenvalue weighted by Gasteiger charge is -2.28. The second-order valence-electron chi connectivity index (χ2n) is 7.20. The number of likely N-dealkylation sites (tertiary alicyclic amines) is 1. The molecule has 2 amide bonds. The summed E-state index contributed by atoms with van der Waals surface area (Å²) in [6.07, 6.45) is -2.54. The Hall–Kier alpha value is -2.42. The van der Waals surface area contributed by atoms with Crippen LogP contribution in [0.5, 0.6) is 0 Å². The first-order valence-corrected chi connectivity index (χ1v) is 9.89. The fourth-order valence-corrected chi connectivity index (χ4v) is 3.73.